The first kappa shape index (κ1) is 20.4. The van der Waals surface area contributed by atoms with Crippen LogP contribution in [0.1, 0.15) is 31.2 Å². The highest BCUT2D eigenvalue weighted by Crippen LogP contribution is 2.37. The summed E-state index contributed by atoms with van der Waals surface area (Å²) in [4.78, 5) is 29.1. The molecule has 1 fully saturated rings. The van der Waals surface area contributed by atoms with Gasteiger partial charge in [0.1, 0.15) is 16.2 Å². The number of carbonyl (C=O) groups is 1. The van der Waals surface area contributed by atoms with Crippen molar-refractivity contribution in [3.8, 4) is 5.75 Å². The molecule has 9 nitrogen and oxygen atoms in total. The van der Waals surface area contributed by atoms with E-state index >= 15 is 0 Å². The third-order valence-electron chi connectivity index (χ3n) is 5.57. The fraction of sp³-hybridized carbons (Fsp3) is 0.400. The number of nitrogens with one attached hydrogen (secondary N) is 2. The van der Waals surface area contributed by atoms with Gasteiger partial charge in [-0.1, -0.05) is 0 Å². The number of methoxy groups -OCH3 is 1. The summed E-state index contributed by atoms with van der Waals surface area (Å²) in [6.07, 6.45) is 4.19. The number of aromatic nitrogens is 2. The van der Waals surface area contributed by atoms with Crippen LogP contribution in [-0.2, 0) is 21.2 Å². The summed E-state index contributed by atoms with van der Waals surface area (Å²) in [5.74, 6) is -0.730. The number of aliphatic carboxylic acids is 1. The zero-order valence-corrected chi connectivity index (χ0v) is 17.5. The fourth-order valence-corrected chi connectivity index (χ4v) is 5.36. The van der Waals surface area contributed by atoms with Crippen molar-refractivity contribution in [2.45, 2.75) is 43.0 Å². The van der Waals surface area contributed by atoms with Crippen LogP contribution in [0.5, 0.6) is 5.75 Å². The third-order valence-corrected chi connectivity index (χ3v) is 7.50. The van der Waals surface area contributed by atoms with E-state index in [1.807, 2.05) is 0 Å². The van der Waals surface area contributed by atoms with Gasteiger partial charge in [-0.15, -0.1) is 0 Å². The number of benzene rings is 1. The van der Waals surface area contributed by atoms with Crippen LogP contribution in [0, 0.1) is 0 Å². The largest absolute Gasteiger partial charge is 0.495 e. The smallest absolute Gasteiger partial charge is 0.303 e. The average molecular weight is 433 g/mol. The van der Waals surface area contributed by atoms with Gasteiger partial charge in [-0.2, -0.15) is 4.31 Å². The van der Waals surface area contributed by atoms with Gasteiger partial charge in [-0.05, 0) is 37.3 Å². The molecule has 2 heterocycles. The molecule has 1 aliphatic carbocycles. The van der Waals surface area contributed by atoms with Crippen LogP contribution in [0.4, 0.5) is 0 Å². The van der Waals surface area contributed by atoms with Crippen LogP contribution >= 0.6 is 0 Å². The third kappa shape index (κ3) is 3.46. The summed E-state index contributed by atoms with van der Waals surface area (Å²) < 4.78 is 33.1. The van der Waals surface area contributed by atoms with Crippen molar-refractivity contribution in [3.63, 3.8) is 0 Å². The molecule has 1 aromatic carbocycles. The minimum absolute atomic E-state index is 0.00737. The molecule has 3 aromatic rings. The topological polar surface area (TPSA) is 133 Å². The van der Waals surface area contributed by atoms with Gasteiger partial charge in [0.25, 0.3) is 5.56 Å². The van der Waals surface area contributed by atoms with Crippen LogP contribution in [0.3, 0.4) is 0 Å². The summed E-state index contributed by atoms with van der Waals surface area (Å²) in [5, 5.41) is 10.1. The molecule has 10 heteroatoms. The number of H-pyrrole nitrogens is 2. The van der Waals surface area contributed by atoms with Gasteiger partial charge in [0.2, 0.25) is 10.0 Å². The highest BCUT2D eigenvalue weighted by Gasteiger charge is 2.36. The number of pyridine rings is 1. The van der Waals surface area contributed by atoms with Gasteiger partial charge in [-0.3, -0.25) is 9.59 Å². The van der Waals surface area contributed by atoms with E-state index < -0.39 is 16.0 Å². The van der Waals surface area contributed by atoms with Crippen molar-refractivity contribution in [2.75, 3.05) is 14.2 Å². The Hall–Kier alpha value is -2.85. The van der Waals surface area contributed by atoms with Crippen molar-refractivity contribution in [3.05, 3.63) is 34.2 Å². The molecule has 2 aromatic heterocycles. The Kier molecular flexibility index (Phi) is 5.07. The first-order valence-corrected chi connectivity index (χ1v) is 11.1. The Balaban J connectivity index is 1.93. The second kappa shape index (κ2) is 7.44. The summed E-state index contributed by atoms with van der Waals surface area (Å²) >= 11 is 0. The Morgan fingerprint density at radius 3 is 2.70 bits per heavy atom. The van der Waals surface area contributed by atoms with Crippen LogP contribution < -0.4 is 10.3 Å². The van der Waals surface area contributed by atoms with E-state index in [0.29, 0.717) is 34.6 Å². The molecule has 0 aliphatic heterocycles. The molecular formula is C20H23N3O6S. The molecule has 0 spiro atoms. The molecule has 1 saturated carbocycles. The number of aryl methyl sites for hydroxylation is 1. The Bertz CT molecular complexity index is 1300. The highest BCUT2D eigenvalue weighted by atomic mass is 32.2. The predicted octanol–water partition coefficient (Wildman–Crippen LogP) is 2.21. The molecule has 1 aliphatic rings. The Labute approximate surface area is 172 Å². The molecular weight excluding hydrogens is 410 g/mol. The number of hydrogen-bond acceptors (Lipinski definition) is 5. The number of hydrogen-bond donors (Lipinski definition) is 3. The summed E-state index contributed by atoms with van der Waals surface area (Å²) in [6, 6.07) is 3.05. The lowest BCUT2D eigenvalue weighted by atomic mass is 10.0. The van der Waals surface area contributed by atoms with E-state index in [1.165, 1.54) is 23.5 Å². The van der Waals surface area contributed by atoms with Crippen molar-refractivity contribution >= 4 is 37.8 Å². The molecule has 0 radical (unpaired) electrons. The fourth-order valence-electron chi connectivity index (χ4n) is 3.78. The highest BCUT2D eigenvalue weighted by molar-refractivity contribution is 7.89. The maximum atomic E-state index is 13.2. The second-order valence-electron chi connectivity index (χ2n) is 7.57. The van der Waals surface area contributed by atoms with E-state index in [0.717, 1.165) is 18.4 Å². The summed E-state index contributed by atoms with van der Waals surface area (Å²) in [7, 11) is -0.832. The van der Waals surface area contributed by atoms with E-state index in [-0.39, 0.29) is 28.7 Å². The van der Waals surface area contributed by atoms with E-state index in [2.05, 4.69) is 9.97 Å². The molecule has 0 bridgehead atoms. The van der Waals surface area contributed by atoms with Crippen LogP contribution in [0.2, 0.25) is 0 Å². The van der Waals surface area contributed by atoms with E-state index in [1.54, 1.807) is 13.2 Å². The lowest BCUT2D eigenvalue weighted by Crippen LogP contribution is -2.29. The normalized spacial score (nSPS) is 14.6. The number of carboxylic acids is 1. The van der Waals surface area contributed by atoms with Gasteiger partial charge in [0, 0.05) is 42.5 Å². The average Bonchev–Trinajstić information content (AvgIpc) is 3.46. The molecule has 3 N–H and O–H groups in total. The SMILES string of the molecule is COc1cc2[nH]c(=O)c3[nH]cc(CCCC(=O)O)c3c2cc1S(=O)(=O)N(C)C1CC1. The molecule has 160 valence electrons. The lowest BCUT2D eigenvalue weighted by molar-refractivity contribution is -0.137. The zero-order valence-electron chi connectivity index (χ0n) is 16.7. The Morgan fingerprint density at radius 1 is 1.33 bits per heavy atom. The molecule has 0 atom stereocenters. The van der Waals surface area contributed by atoms with Gasteiger partial charge in [0.15, 0.2) is 0 Å². The quantitative estimate of drug-likeness (QED) is 0.499. The predicted molar refractivity (Wildman–Crippen MR) is 112 cm³/mol. The van der Waals surface area contributed by atoms with Gasteiger partial charge < -0.3 is 19.8 Å². The minimum atomic E-state index is -3.78. The number of fused-ring (bicyclic) bond motifs is 3. The molecule has 30 heavy (non-hydrogen) atoms. The van der Waals surface area contributed by atoms with Gasteiger partial charge in [0.05, 0.1) is 12.6 Å². The van der Waals surface area contributed by atoms with Crippen LogP contribution in [-0.4, -0.2) is 54.0 Å². The summed E-state index contributed by atoms with van der Waals surface area (Å²) in [5.41, 5.74) is 1.22. The number of aromatic amines is 2. The van der Waals surface area contributed by atoms with E-state index in [9.17, 15) is 18.0 Å². The van der Waals surface area contributed by atoms with Gasteiger partial charge in [-0.25, -0.2) is 8.42 Å². The standard InChI is InChI=1S/C20H23N3O6S/c1-23(12-6-7-12)30(27,28)16-8-13-14(9-15(16)29-2)22-20(26)19-18(13)11(10-21-19)4-3-5-17(24)25/h8-10,12,21H,3-7H2,1-2H3,(H,22,26)(H,24,25). The minimum Gasteiger partial charge on any atom is -0.495 e. The lowest BCUT2D eigenvalue weighted by Gasteiger charge is -2.19. The number of sulfonamides is 1. The van der Waals surface area contributed by atoms with Crippen molar-refractivity contribution in [2.24, 2.45) is 0 Å². The maximum Gasteiger partial charge on any atom is 0.303 e. The molecule has 0 amide bonds. The number of rotatable bonds is 8. The number of carboxylic acid groups (broad SMARTS) is 1. The van der Waals surface area contributed by atoms with Crippen LogP contribution in [0.25, 0.3) is 21.8 Å². The number of ether oxygens (including phenoxy) is 1. The Morgan fingerprint density at radius 2 is 2.07 bits per heavy atom. The van der Waals surface area contributed by atoms with Crippen molar-refractivity contribution < 1.29 is 23.1 Å². The van der Waals surface area contributed by atoms with Gasteiger partial charge >= 0.3 is 5.97 Å². The van der Waals surface area contributed by atoms with Crippen molar-refractivity contribution in [1.82, 2.24) is 14.3 Å². The van der Waals surface area contributed by atoms with Crippen molar-refractivity contribution in [1.29, 1.82) is 0 Å². The first-order valence-electron chi connectivity index (χ1n) is 9.68. The van der Waals surface area contributed by atoms with E-state index in [4.69, 9.17) is 9.84 Å². The molecule has 4 rings (SSSR count). The monoisotopic (exact) mass is 433 g/mol. The molecule has 0 saturated heterocycles. The first-order chi connectivity index (χ1) is 14.2. The van der Waals surface area contributed by atoms with Crippen LogP contribution in [0.15, 0.2) is 28.0 Å². The zero-order chi connectivity index (χ0) is 21.6. The molecule has 0 unspecified atom stereocenters. The number of nitrogens with zero attached hydrogens (tertiary/aromatic N) is 1. The maximum absolute atomic E-state index is 13.2. The summed E-state index contributed by atoms with van der Waals surface area (Å²) in [6.45, 7) is 0. The second-order valence-corrected chi connectivity index (χ2v) is 9.53.